The maximum absolute atomic E-state index is 6.98. The van der Waals surface area contributed by atoms with Crippen LogP contribution in [0.2, 0.25) is 0 Å². The van der Waals surface area contributed by atoms with Crippen molar-refractivity contribution in [3.05, 3.63) is 36.3 Å². The summed E-state index contributed by atoms with van der Waals surface area (Å²) in [5, 5.41) is 3.46. The molecule has 1 N–H and O–H groups in total. The van der Waals surface area contributed by atoms with Gasteiger partial charge in [0.25, 0.3) is 0 Å². The van der Waals surface area contributed by atoms with Crippen molar-refractivity contribution in [2.45, 2.75) is 18.9 Å². The zero-order valence-corrected chi connectivity index (χ0v) is 8.62. The number of nitrogens with one attached hydrogen (secondary N) is 1. The molecule has 1 aliphatic heterocycles. The normalized spacial score (nSPS) is 17.0. The van der Waals surface area contributed by atoms with E-state index in [-0.39, 0.29) is 0 Å². The number of anilines is 1. The third kappa shape index (κ3) is 2.74. The molecule has 0 saturated carbocycles. The zero-order valence-electron chi connectivity index (χ0n) is 8.62. The van der Waals surface area contributed by atoms with Crippen molar-refractivity contribution in [1.82, 2.24) is 0 Å². The van der Waals surface area contributed by atoms with Gasteiger partial charge in [0.05, 0.1) is 0 Å². The monoisotopic (exact) mass is 200 g/mol. The predicted octanol–water partition coefficient (Wildman–Crippen LogP) is 2.22. The molecule has 1 aromatic rings. The van der Waals surface area contributed by atoms with Gasteiger partial charge < -0.3 is 10.1 Å². The van der Waals surface area contributed by atoms with Gasteiger partial charge in [-0.25, -0.2) is 0 Å². The van der Waals surface area contributed by atoms with E-state index in [0.29, 0.717) is 6.04 Å². The summed E-state index contributed by atoms with van der Waals surface area (Å²) in [6.45, 7) is 1.70. The summed E-state index contributed by atoms with van der Waals surface area (Å²) in [4.78, 5) is 0. The Morgan fingerprint density at radius 2 is 1.87 bits per heavy atom. The smallest absolute Gasteiger partial charge is 0.0485 e. The summed E-state index contributed by atoms with van der Waals surface area (Å²) in [6.07, 6.45) is 9.12. The van der Waals surface area contributed by atoms with Crippen LogP contribution in [0.1, 0.15) is 18.4 Å². The van der Waals surface area contributed by atoms with Gasteiger partial charge in [0, 0.05) is 30.5 Å². The Balaban J connectivity index is 1.95. The third-order valence-electron chi connectivity index (χ3n) is 2.62. The van der Waals surface area contributed by atoms with Crippen LogP contribution in [-0.2, 0) is 4.74 Å². The summed E-state index contributed by atoms with van der Waals surface area (Å²) in [6, 6.07) is 8.30. The van der Waals surface area contributed by atoms with E-state index in [2.05, 4.69) is 11.2 Å². The summed E-state index contributed by atoms with van der Waals surface area (Å²) in [5.74, 6) is 2.36. The molecule has 2 heteroatoms. The van der Waals surface area contributed by atoms with Gasteiger partial charge in [0.2, 0.25) is 0 Å². The predicted molar refractivity (Wildman–Crippen MR) is 60.1 cm³/mol. The zero-order chi connectivity index (χ0) is 10.5. The standard InChI is InChI=1S/C13H14NO/c1-2-11-3-5-12(6-4-11)14-13-7-9-15-10-8-13/h3-6,13-14H,7-10H2. The highest BCUT2D eigenvalue weighted by atomic mass is 16.5. The molecule has 1 aromatic carbocycles. The first-order valence-corrected chi connectivity index (χ1v) is 5.25. The van der Waals surface area contributed by atoms with Gasteiger partial charge in [-0.15, -0.1) is 0 Å². The van der Waals surface area contributed by atoms with Crippen LogP contribution in [-0.4, -0.2) is 19.3 Å². The first kappa shape index (κ1) is 10.1. The lowest BCUT2D eigenvalue weighted by molar-refractivity contribution is 0.0904. The lowest BCUT2D eigenvalue weighted by atomic mass is 10.1. The molecule has 0 amide bonds. The van der Waals surface area contributed by atoms with E-state index in [1.54, 1.807) is 0 Å². The Morgan fingerprint density at radius 3 is 2.47 bits per heavy atom. The molecule has 77 valence electrons. The molecule has 0 unspecified atom stereocenters. The molecule has 1 saturated heterocycles. The number of hydrogen-bond donors (Lipinski definition) is 1. The summed E-state index contributed by atoms with van der Waals surface area (Å²) >= 11 is 0. The molecule has 2 nitrogen and oxygen atoms in total. The first-order chi connectivity index (χ1) is 7.38. The van der Waals surface area contributed by atoms with Crippen LogP contribution in [0.4, 0.5) is 5.69 Å². The van der Waals surface area contributed by atoms with Crippen LogP contribution in [0.15, 0.2) is 24.3 Å². The molecule has 2 rings (SSSR count). The third-order valence-corrected chi connectivity index (χ3v) is 2.62. The van der Waals surface area contributed by atoms with E-state index in [4.69, 9.17) is 11.2 Å². The fourth-order valence-corrected chi connectivity index (χ4v) is 1.73. The van der Waals surface area contributed by atoms with E-state index in [9.17, 15) is 0 Å². The lowest BCUT2D eigenvalue weighted by Gasteiger charge is -2.24. The Morgan fingerprint density at radius 1 is 1.20 bits per heavy atom. The van der Waals surface area contributed by atoms with Gasteiger partial charge in [0.15, 0.2) is 0 Å². The quantitative estimate of drug-likeness (QED) is 0.739. The largest absolute Gasteiger partial charge is 0.382 e. The minimum Gasteiger partial charge on any atom is -0.382 e. The molecule has 1 radical (unpaired) electrons. The van der Waals surface area contributed by atoms with Crippen molar-refractivity contribution < 1.29 is 4.74 Å². The molecule has 0 atom stereocenters. The molecule has 15 heavy (non-hydrogen) atoms. The van der Waals surface area contributed by atoms with Gasteiger partial charge in [-0.1, -0.05) is 5.92 Å². The number of hydrogen-bond acceptors (Lipinski definition) is 2. The minimum atomic E-state index is 0.522. The van der Waals surface area contributed by atoms with Gasteiger partial charge >= 0.3 is 0 Å². The lowest BCUT2D eigenvalue weighted by Crippen LogP contribution is -2.27. The second kappa shape index (κ2) is 4.86. The Bertz CT molecular complexity index is 344. The summed E-state index contributed by atoms with van der Waals surface area (Å²) < 4.78 is 5.30. The van der Waals surface area contributed by atoms with E-state index >= 15 is 0 Å². The molecule has 0 aliphatic carbocycles. The molecule has 1 heterocycles. The van der Waals surface area contributed by atoms with Crippen molar-refractivity contribution in [2.75, 3.05) is 18.5 Å². The van der Waals surface area contributed by atoms with Crippen molar-refractivity contribution >= 4 is 5.69 Å². The van der Waals surface area contributed by atoms with Crippen LogP contribution in [0.25, 0.3) is 0 Å². The molecular weight excluding hydrogens is 186 g/mol. The highest BCUT2D eigenvalue weighted by molar-refractivity contribution is 5.48. The van der Waals surface area contributed by atoms with Crippen molar-refractivity contribution in [3.8, 4) is 5.92 Å². The van der Waals surface area contributed by atoms with Crippen LogP contribution in [0.5, 0.6) is 0 Å². The van der Waals surface area contributed by atoms with Crippen LogP contribution in [0, 0.1) is 12.3 Å². The highest BCUT2D eigenvalue weighted by Gasteiger charge is 2.12. The maximum atomic E-state index is 6.98. The average molecular weight is 200 g/mol. The van der Waals surface area contributed by atoms with Gasteiger partial charge in [-0.3, -0.25) is 0 Å². The van der Waals surface area contributed by atoms with Crippen LogP contribution in [0.3, 0.4) is 0 Å². The molecule has 1 fully saturated rings. The van der Waals surface area contributed by atoms with E-state index in [1.807, 2.05) is 24.3 Å². The highest BCUT2D eigenvalue weighted by Crippen LogP contribution is 2.15. The van der Waals surface area contributed by atoms with E-state index in [0.717, 1.165) is 37.3 Å². The van der Waals surface area contributed by atoms with Crippen LogP contribution < -0.4 is 5.32 Å². The molecular formula is C13H14NO. The number of benzene rings is 1. The molecule has 1 aliphatic rings. The molecule has 0 bridgehead atoms. The second-order valence-electron chi connectivity index (χ2n) is 3.73. The topological polar surface area (TPSA) is 21.3 Å². The van der Waals surface area contributed by atoms with Crippen LogP contribution >= 0.6 is 0 Å². The summed E-state index contributed by atoms with van der Waals surface area (Å²) in [5.41, 5.74) is 1.92. The Kier molecular flexibility index (Phi) is 3.26. The minimum absolute atomic E-state index is 0.522. The Labute approximate surface area is 90.6 Å². The van der Waals surface area contributed by atoms with E-state index < -0.39 is 0 Å². The van der Waals surface area contributed by atoms with Gasteiger partial charge in [-0.05, 0) is 43.5 Å². The van der Waals surface area contributed by atoms with Crippen molar-refractivity contribution in [3.63, 3.8) is 0 Å². The molecule has 0 spiro atoms. The van der Waals surface area contributed by atoms with Gasteiger partial charge in [-0.2, -0.15) is 0 Å². The average Bonchev–Trinajstić information content (AvgIpc) is 2.31. The number of rotatable bonds is 2. The van der Waals surface area contributed by atoms with E-state index in [1.165, 1.54) is 0 Å². The Hall–Kier alpha value is -1.46. The SMILES string of the molecule is [C]#Cc1ccc(NC2CCOCC2)cc1. The van der Waals surface area contributed by atoms with Crippen molar-refractivity contribution in [1.29, 1.82) is 0 Å². The van der Waals surface area contributed by atoms with Crippen molar-refractivity contribution in [2.24, 2.45) is 0 Å². The molecule has 0 aromatic heterocycles. The first-order valence-electron chi connectivity index (χ1n) is 5.25. The fourth-order valence-electron chi connectivity index (χ4n) is 1.73. The van der Waals surface area contributed by atoms with Gasteiger partial charge in [0.1, 0.15) is 0 Å². The second-order valence-corrected chi connectivity index (χ2v) is 3.73. The summed E-state index contributed by atoms with van der Waals surface area (Å²) in [7, 11) is 0. The maximum Gasteiger partial charge on any atom is 0.0485 e. The number of ether oxygens (including phenoxy) is 1. The fraction of sp³-hybridized carbons (Fsp3) is 0.385.